The van der Waals surface area contributed by atoms with E-state index < -0.39 is 0 Å². The summed E-state index contributed by atoms with van der Waals surface area (Å²) >= 11 is 0. The van der Waals surface area contributed by atoms with Gasteiger partial charge in [-0.3, -0.25) is 4.79 Å². The van der Waals surface area contributed by atoms with Crippen molar-refractivity contribution in [2.75, 3.05) is 0 Å². The summed E-state index contributed by atoms with van der Waals surface area (Å²) < 4.78 is 7.12. The molecule has 0 radical (unpaired) electrons. The Morgan fingerprint density at radius 3 is 3.10 bits per heavy atom. The third kappa shape index (κ3) is 2.56. The van der Waals surface area contributed by atoms with Crippen molar-refractivity contribution in [1.29, 1.82) is 0 Å². The summed E-state index contributed by atoms with van der Waals surface area (Å²) in [4.78, 5) is 16.2. The van der Waals surface area contributed by atoms with Crippen molar-refractivity contribution in [3.8, 4) is 0 Å². The van der Waals surface area contributed by atoms with E-state index in [0.717, 1.165) is 22.4 Å². The number of carbonyl (C=O) groups excluding carboxylic acids is 1. The van der Waals surface area contributed by atoms with E-state index in [1.165, 1.54) is 0 Å². The number of aromatic nitrogens is 2. The normalized spacial score (nSPS) is 10.8. The second kappa shape index (κ2) is 5.21. The van der Waals surface area contributed by atoms with Crippen molar-refractivity contribution in [1.82, 2.24) is 14.9 Å². The Labute approximate surface area is 116 Å². The fraction of sp³-hybridized carbons (Fsp3) is 0.200. The summed E-state index contributed by atoms with van der Waals surface area (Å²) in [6.45, 7) is 0.414. The zero-order chi connectivity index (χ0) is 13.9. The van der Waals surface area contributed by atoms with E-state index in [1.54, 1.807) is 18.7 Å². The van der Waals surface area contributed by atoms with Crippen LogP contribution in [0, 0.1) is 0 Å². The predicted molar refractivity (Wildman–Crippen MR) is 75.0 cm³/mol. The quantitative estimate of drug-likeness (QED) is 0.788. The maximum atomic E-state index is 11.9. The summed E-state index contributed by atoms with van der Waals surface area (Å²) in [6.07, 6.45) is 3.70. The molecule has 3 rings (SSSR count). The Hall–Kier alpha value is -2.56. The number of hydrogen-bond acceptors (Lipinski definition) is 3. The largest absolute Gasteiger partial charge is 0.467 e. The minimum absolute atomic E-state index is 0.0309. The number of rotatable bonds is 4. The summed E-state index contributed by atoms with van der Waals surface area (Å²) in [5.41, 5.74) is 2.92. The van der Waals surface area contributed by atoms with E-state index in [0.29, 0.717) is 13.0 Å². The van der Waals surface area contributed by atoms with Crippen molar-refractivity contribution in [3.05, 3.63) is 54.2 Å². The zero-order valence-electron chi connectivity index (χ0n) is 11.2. The van der Waals surface area contributed by atoms with Crippen LogP contribution >= 0.6 is 0 Å². The molecule has 0 bridgehead atoms. The average Bonchev–Trinajstić information content (AvgIpc) is 3.07. The van der Waals surface area contributed by atoms with Gasteiger partial charge in [-0.15, -0.1) is 0 Å². The molecule has 0 saturated heterocycles. The molecule has 0 aliphatic carbocycles. The van der Waals surface area contributed by atoms with Crippen LogP contribution in [0.5, 0.6) is 0 Å². The van der Waals surface area contributed by atoms with E-state index in [4.69, 9.17) is 4.42 Å². The molecular weight excluding hydrogens is 254 g/mol. The number of carbonyl (C=O) groups is 1. The number of aryl methyl sites for hydroxylation is 1. The average molecular weight is 269 g/mol. The SMILES string of the molecule is Cn1cnc2cc(CC(=O)NCc3ccco3)ccc21. The molecule has 0 atom stereocenters. The third-order valence-corrected chi connectivity index (χ3v) is 3.19. The van der Waals surface area contributed by atoms with Crippen LogP contribution in [-0.4, -0.2) is 15.5 Å². The number of imidazole rings is 1. The van der Waals surface area contributed by atoms with E-state index in [-0.39, 0.29) is 5.91 Å². The van der Waals surface area contributed by atoms with Crippen LogP contribution in [0.3, 0.4) is 0 Å². The Kier molecular flexibility index (Phi) is 3.25. The van der Waals surface area contributed by atoms with Gasteiger partial charge in [0.1, 0.15) is 5.76 Å². The Morgan fingerprint density at radius 1 is 1.40 bits per heavy atom. The highest BCUT2D eigenvalue weighted by atomic mass is 16.3. The van der Waals surface area contributed by atoms with Crippen molar-refractivity contribution < 1.29 is 9.21 Å². The second-order valence-electron chi connectivity index (χ2n) is 4.71. The van der Waals surface area contributed by atoms with E-state index in [9.17, 15) is 4.79 Å². The minimum Gasteiger partial charge on any atom is -0.467 e. The highest BCUT2D eigenvalue weighted by Crippen LogP contribution is 2.14. The first kappa shape index (κ1) is 12.5. The van der Waals surface area contributed by atoms with E-state index in [2.05, 4.69) is 10.3 Å². The van der Waals surface area contributed by atoms with Crippen molar-refractivity contribution >= 4 is 16.9 Å². The highest BCUT2D eigenvalue weighted by molar-refractivity contribution is 5.81. The lowest BCUT2D eigenvalue weighted by atomic mass is 10.1. The molecule has 1 aromatic carbocycles. The molecule has 5 heteroatoms. The van der Waals surface area contributed by atoms with Crippen LogP contribution < -0.4 is 5.32 Å². The lowest BCUT2D eigenvalue weighted by Crippen LogP contribution is -2.24. The van der Waals surface area contributed by atoms with Crippen LogP contribution in [0.15, 0.2) is 47.3 Å². The fourth-order valence-corrected chi connectivity index (χ4v) is 2.14. The number of benzene rings is 1. The molecule has 0 aliphatic heterocycles. The van der Waals surface area contributed by atoms with Gasteiger partial charge >= 0.3 is 0 Å². The third-order valence-electron chi connectivity index (χ3n) is 3.19. The summed E-state index contributed by atoms with van der Waals surface area (Å²) in [5.74, 6) is 0.718. The molecule has 2 aromatic heterocycles. The standard InChI is InChI=1S/C15H15N3O2/c1-18-10-17-13-7-11(4-5-14(13)18)8-15(19)16-9-12-3-2-6-20-12/h2-7,10H,8-9H2,1H3,(H,16,19). The van der Waals surface area contributed by atoms with Crippen LogP contribution in [0.4, 0.5) is 0 Å². The van der Waals surface area contributed by atoms with Crippen LogP contribution in [0.2, 0.25) is 0 Å². The molecule has 1 amide bonds. The molecule has 0 spiro atoms. The lowest BCUT2D eigenvalue weighted by Gasteiger charge is -2.04. The topological polar surface area (TPSA) is 60.1 Å². The Morgan fingerprint density at radius 2 is 2.30 bits per heavy atom. The number of nitrogens with zero attached hydrogens (tertiary/aromatic N) is 2. The number of nitrogens with one attached hydrogen (secondary N) is 1. The van der Waals surface area contributed by atoms with Gasteiger partial charge in [-0.1, -0.05) is 6.07 Å². The first-order valence-corrected chi connectivity index (χ1v) is 6.41. The predicted octanol–water partition coefficient (Wildman–Crippen LogP) is 2.03. The van der Waals surface area contributed by atoms with E-state index >= 15 is 0 Å². The Bertz CT molecular complexity index is 729. The molecular formula is C15H15N3O2. The summed E-state index contributed by atoms with van der Waals surface area (Å²) in [5, 5.41) is 2.83. The van der Waals surface area contributed by atoms with Gasteiger partial charge in [-0.2, -0.15) is 0 Å². The molecule has 20 heavy (non-hydrogen) atoms. The molecule has 0 unspecified atom stereocenters. The number of hydrogen-bond donors (Lipinski definition) is 1. The fourth-order valence-electron chi connectivity index (χ4n) is 2.14. The van der Waals surface area contributed by atoms with Crippen molar-refractivity contribution in [2.45, 2.75) is 13.0 Å². The van der Waals surface area contributed by atoms with Gasteiger partial charge in [0, 0.05) is 7.05 Å². The van der Waals surface area contributed by atoms with Gasteiger partial charge in [0.05, 0.1) is 36.6 Å². The summed E-state index contributed by atoms with van der Waals surface area (Å²) in [7, 11) is 1.95. The van der Waals surface area contributed by atoms with Gasteiger partial charge in [-0.25, -0.2) is 4.98 Å². The molecule has 1 N–H and O–H groups in total. The lowest BCUT2D eigenvalue weighted by molar-refractivity contribution is -0.120. The monoisotopic (exact) mass is 269 g/mol. The molecule has 5 nitrogen and oxygen atoms in total. The van der Waals surface area contributed by atoms with Gasteiger partial charge in [-0.05, 0) is 29.8 Å². The summed E-state index contributed by atoms with van der Waals surface area (Å²) in [6, 6.07) is 9.52. The smallest absolute Gasteiger partial charge is 0.224 e. The maximum Gasteiger partial charge on any atom is 0.224 e. The van der Waals surface area contributed by atoms with Gasteiger partial charge in [0.2, 0.25) is 5.91 Å². The van der Waals surface area contributed by atoms with Gasteiger partial charge < -0.3 is 14.3 Å². The zero-order valence-corrected chi connectivity index (χ0v) is 11.2. The molecule has 2 heterocycles. The van der Waals surface area contributed by atoms with Gasteiger partial charge in [0.15, 0.2) is 0 Å². The maximum absolute atomic E-state index is 11.9. The van der Waals surface area contributed by atoms with Crippen molar-refractivity contribution in [2.24, 2.45) is 7.05 Å². The first-order chi connectivity index (χ1) is 9.72. The van der Waals surface area contributed by atoms with Crippen LogP contribution in [-0.2, 0) is 24.8 Å². The molecule has 3 aromatic rings. The first-order valence-electron chi connectivity index (χ1n) is 6.41. The number of furan rings is 1. The van der Waals surface area contributed by atoms with Gasteiger partial charge in [0.25, 0.3) is 0 Å². The molecule has 0 aliphatic rings. The molecule has 0 saturated carbocycles. The molecule has 0 fully saturated rings. The van der Waals surface area contributed by atoms with Crippen LogP contribution in [0.1, 0.15) is 11.3 Å². The van der Waals surface area contributed by atoms with Crippen molar-refractivity contribution in [3.63, 3.8) is 0 Å². The minimum atomic E-state index is -0.0309. The second-order valence-corrected chi connectivity index (χ2v) is 4.71. The number of amides is 1. The molecule has 102 valence electrons. The van der Waals surface area contributed by atoms with E-state index in [1.807, 2.05) is 35.9 Å². The van der Waals surface area contributed by atoms with Crippen LogP contribution in [0.25, 0.3) is 11.0 Å². The highest BCUT2D eigenvalue weighted by Gasteiger charge is 2.06. The Balaban J connectivity index is 1.64. The number of fused-ring (bicyclic) bond motifs is 1.